The molecule has 0 bridgehead atoms. The molecule has 0 saturated carbocycles. The zero-order valence-electron chi connectivity index (χ0n) is 13.6. The lowest BCUT2D eigenvalue weighted by atomic mass is 10.2. The number of rotatable bonds is 5. The molecule has 25 heavy (non-hydrogen) atoms. The van der Waals surface area contributed by atoms with E-state index in [9.17, 15) is 14.0 Å². The van der Waals surface area contributed by atoms with Gasteiger partial charge in [-0.05, 0) is 44.4 Å². The fraction of sp³-hybridized carbons (Fsp3) is 0.176. The first-order valence-electron chi connectivity index (χ1n) is 7.42. The highest BCUT2D eigenvalue weighted by atomic mass is 19.1. The monoisotopic (exact) mass is 345 g/mol. The van der Waals surface area contributed by atoms with Crippen molar-refractivity contribution in [2.24, 2.45) is 5.73 Å². The molecular formula is C17H16FN3O4. The summed E-state index contributed by atoms with van der Waals surface area (Å²) >= 11 is 0. The van der Waals surface area contributed by atoms with Crippen molar-refractivity contribution in [3.63, 3.8) is 0 Å². The predicted octanol–water partition coefficient (Wildman–Crippen LogP) is 2.58. The molecule has 0 aliphatic rings. The lowest BCUT2D eigenvalue weighted by molar-refractivity contribution is 0.0977. The van der Waals surface area contributed by atoms with Crippen LogP contribution in [-0.4, -0.2) is 30.8 Å². The molecule has 0 unspecified atom stereocenters. The van der Waals surface area contributed by atoms with Crippen molar-refractivity contribution in [1.82, 2.24) is 4.90 Å². The largest absolute Gasteiger partial charge is 0.455 e. The topological polar surface area (TPSA) is 102 Å². The van der Waals surface area contributed by atoms with E-state index in [4.69, 9.17) is 14.6 Å². The summed E-state index contributed by atoms with van der Waals surface area (Å²) in [4.78, 5) is 25.9. The molecular weight excluding hydrogens is 329 g/mol. The molecule has 8 heteroatoms. The van der Waals surface area contributed by atoms with E-state index in [0.29, 0.717) is 12.3 Å². The van der Waals surface area contributed by atoms with Gasteiger partial charge in [0.15, 0.2) is 5.76 Å². The van der Waals surface area contributed by atoms with Crippen molar-refractivity contribution in [2.45, 2.75) is 6.54 Å². The third-order valence-corrected chi connectivity index (χ3v) is 3.47. The molecule has 0 aliphatic heterocycles. The number of fused-ring (bicyclic) bond motifs is 1. The number of hydrogen-bond acceptors (Lipinski definition) is 5. The molecule has 3 rings (SSSR count). The van der Waals surface area contributed by atoms with Crippen LogP contribution in [0.25, 0.3) is 11.0 Å². The minimum absolute atomic E-state index is 0.0116. The first-order chi connectivity index (χ1) is 11.8. The number of carbonyl (C=O) groups excluding carboxylic acids is 2. The molecule has 130 valence electrons. The third-order valence-electron chi connectivity index (χ3n) is 3.47. The SMILES string of the molecule is CN(C)Cc1ccc(C(=O)Nc2c(C(N)=O)oc3ccc(F)cc23)o1. The Morgan fingerprint density at radius 1 is 1.20 bits per heavy atom. The number of halogens is 1. The van der Waals surface area contributed by atoms with Crippen LogP contribution >= 0.6 is 0 Å². The number of carbonyl (C=O) groups is 2. The maximum absolute atomic E-state index is 13.5. The highest BCUT2D eigenvalue weighted by Crippen LogP contribution is 2.31. The van der Waals surface area contributed by atoms with Gasteiger partial charge < -0.3 is 24.8 Å². The van der Waals surface area contributed by atoms with Gasteiger partial charge in [-0.1, -0.05) is 0 Å². The first-order valence-corrected chi connectivity index (χ1v) is 7.42. The van der Waals surface area contributed by atoms with Crippen LogP contribution in [0.1, 0.15) is 26.9 Å². The minimum atomic E-state index is -0.875. The Hall–Kier alpha value is -3.13. The molecule has 0 saturated heterocycles. The Bertz CT molecular complexity index is 958. The summed E-state index contributed by atoms with van der Waals surface area (Å²) in [6, 6.07) is 6.88. The maximum Gasteiger partial charge on any atom is 0.291 e. The van der Waals surface area contributed by atoms with Crippen LogP contribution in [0.3, 0.4) is 0 Å². The number of furan rings is 2. The van der Waals surface area contributed by atoms with Gasteiger partial charge >= 0.3 is 0 Å². The van der Waals surface area contributed by atoms with Crippen LogP contribution in [0, 0.1) is 5.82 Å². The number of nitrogens with one attached hydrogen (secondary N) is 1. The number of primary amides is 1. The van der Waals surface area contributed by atoms with Gasteiger partial charge in [0.2, 0.25) is 5.76 Å². The normalized spacial score (nSPS) is 11.2. The highest BCUT2D eigenvalue weighted by Gasteiger charge is 2.22. The molecule has 3 aromatic rings. The quantitative estimate of drug-likeness (QED) is 0.740. The highest BCUT2D eigenvalue weighted by molar-refractivity contribution is 6.13. The number of anilines is 1. The average Bonchev–Trinajstić information content (AvgIpc) is 3.12. The number of hydrogen-bond donors (Lipinski definition) is 2. The summed E-state index contributed by atoms with van der Waals surface area (Å²) < 4.78 is 24.3. The zero-order valence-corrected chi connectivity index (χ0v) is 13.6. The molecule has 2 aromatic heterocycles. The fourth-order valence-electron chi connectivity index (χ4n) is 2.44. The Morgan fingerprint density at radius 3 is 2.64 bits per heavy atom. The van der Waals surface area contributed by atoms with Crippen LogP contribution in [-0.2, 0) is 6.54 Å². The molecule has 0 fully saturated rings. The predicted molar refractivity (Wildman–Crippen MR) is 88.7 cm³/mol. The number of nitrogens with zero attached hydrogens (tertiary/aromatic N) is 1. The van der Waals surface area contributed by atoms with Crippen LogP contribution < -0.4 is 11.1 Å². The van der Waals surface area contributed by atoms with E-state index >= 15 is 0 Å². The van der Waals surface area contributed by atoms with Gasteiger partial charge in [-0.2, -0.15) is 0 Å². The van der Waals surface area contributed by atoms with Crippen LogP contribution in [0.5, 0.6) is 0 Å². The van der Waals surface area contributed by atoms with Crippen molar-refractivity contribution in [3.05, 3.63) is 53.4 Å². The van der Waals surface area contributed by atoms with Crippen LogP contribution in [0.4, 0.5) is 10.1 Å². The summed E-state index contributed by atoms with van der Waals surface area (Å²) in [7, 11) is 3.74. The molecule has 0 radical (unpaired) electrons. The van der Waals surface area contributed by atoms with E-state index in [1.807, 2.05) is 19.0 Å². The summed E-state index contributed by atoms with van der Waals surface area (Å²) in [6.45, 7) is 0.527. The van der Waals surface area contributed by atoms with Gasteiger partial charge in [0, 0.05) is 5.39 Å². The number of nitrogens with two attached hydrogens (primary N) is 1. The minimum Gasteiger partial charge on any atom is -0.455 e. The van der Waals surface area contributed by atoms with Crippen molar-refractivity contribution in [1.29, 1.82) is 0 Å². The summed E-state index contributed by atoms with van der Waals surface area (Å²) in [5.74, 6) is -1.61. The van der Waals surface area contributed by atoms with Crippen LogP contribution in [0.15, 0.2) is 39.2 Å². The van der Waals surface area contributed by atoms with Gasteiger partial charge in [-0.15, -0.1) is 0 Å². The van der Waals surface area contributed by atoms with Crippen molar-refractivity contribution >= 4 is 28.5 Å². The molecule has 0 atom stereocenters. The Kier molecular flexibility index (Phi) is 4.28. The smallest absolute Gasteiger partial charge is 0.291 e. The first kappa shape index (κ1) is 16.7. The summed E-state index contributed by atoms with van der Waals surface area (Å²) in [6.07, 6.45) is 0. The molecule has 0 aliphatic carbocycles. The standard InChI is InChI=1S/C17H16FN3O4/c1-21(2)8-10-4-6-13(24-10)17(23)20-14-11-7-9(18)3-5-12(11)25-15(14)16(19)22/h3-7H,8H2,1-2H3,(H2,19,22)(H,20,23). The molecule has 2 amide bonds. The molecule has 7 nitrogen and oxygen atoms in total. The van der Waals surface area contributed by atoms with E-state index in [-0.39, 0.29) is 28.2 Å². The zero-order chi connectivity index (χ0) is 18.1. The Labute approximate surface area is 142 Å². The van der Waals surface area contributed by atoms with E-state index in [0.717, 1.165) is 6.07 Å². The van der Waals surface area contributed by atoms with E-state index in [1.54, 1.807) is 6.07 Å². The van der Waals surface area contributed by atoms with E-state index < -0.39 is 17.6 Å². The van der Waals surface area contributed by atoms with Gasteiger partial charge in [0.1, 0.15) is 22.8 Å². The second-order valence-corrected chi connectivity index (χ2v) is 5.77. The van der Waals surface area contributed by atoms with Gasteiger partial charge in [-0.25, -0.2) is 4.39 Å². The molecule has 1 aromatic carbocycles. The second kappa shape index (κ2) is 6.40. The van der Waals surface area contributed by atoms with Crippen molar-refractivity contribution < 1.29 is 22.8 Å². The molecule has 2 heterocycles. The lowest BCUT2D eigenvalue weighted by Crippen LogP contribution is -2.16. The van der Waals surface area contributed by atoms with Crippen LogP contribution in [0.2, 0.25) is 0 Å². The average molecular weight is 345 g/mol. The summed E-state index contributed by atoms with van der Waals surface area (Å²) in [5.41, 5.74) is 5.53. The number of benzene rings is 1. The van der Waals surface area contributed by atoms with E-state index in [2.05, 4.69) is 5.32 Å². The van der Waals surface area contributed by atoms with Gasteiger partial charge in [0.25, 0.3) is 11.8 Å². The Morgan fingerprint density at radius 2 is 1.96 bits per heavy atom. The Balaban J connectivity index is 1.95. The van der Waals surface area contributed by atoms with Gasteiger partial charge in [0.05, 0.1) is 6.54 Å². The van der Waals surface area contributed by atoms with Crippen molar-refractivity contribution in [2.75, 3.05) is 19.4 Å². The molecule has 3 N–H and O–H groups in total. The van der Waals surface area contributed by atoms with Gasteiger partial charge in [-0.3, -0.25) is 9.59 Å². The van der Waals surface area contributed by atoms with E-state index in [1.165, 1.54) is 18.2 Å². The molecule has 0 spiro atoms. The fourth-order valence-corrected chi connectivity index (χ4v) is 2.44. The van der Waals surface area contributed by atoms with Crippen molar-refractivity contribution in [3.8, 4) is 0 Å². The number of amides is 2. The lowest BCUT2D eigenvalue weighted by Gasteiger charge is -2.06. The third kappa shape index (κ3) is 3.38. The maximum atomic E-state index is 13.5. The summed E-state index contributed by atoms with van der Waals surface area (Å²) in [5, 5.41) is 2.76. The second-order valence-electron chi connectivity index (χ2n) is 5.77.